The summed E-state index contributed by atoms with van der Waals surface area (Å²) in [6.07, 6.45) is -5.22. The van der Waals surface area contributed by atoms with Gasteiger partial charge in [0.2, 0.25) is 0 Å². The van der Waals surface area contributed by atoms with Gasteiger partial charge in [0, 0.05) is 49.4 Å². The van der Waals surface area contributed by atoms with Gasteiger partial charge >= 0.3 is 6.18 Å². The number of halogens is 4. The average Bonchev–Trinajstić information content (AvgIpc) is 3.38. The maximum Gasteiger partial charge on any atom is 0.416 e. The Bertz CT molecular complexity index is 1270. The predicted molar refractivity (Wildman–Crippen MR) is 134 cm³/mol. The molecule has 5 nitrogen and oxygen atoms in total. The zero-order chi connectivity index (χ0) is 26.9. The van der Waals surface area contributed by atoms with Crippen LogP contribution in [0.3, 0.4) is 0 Å². The second-order valence-corrected chi connectivity index (χ2v) is 9.78. The van der Waals surface area contributed by atoms with Crippen LogP contribution in [-0.2, 0) is 6.18 Å². The molecule has 0 spiro atoms. The molecule has 198 valence electrons. The van der Waals surface area contributed by atoms with Gasteiger partial charge in [-0.05, 0) is 53.9 Å². The molecule has 38 heavy (non-hydrogen) atoms. The number of benzene rings is 3. The van der Waals surface area contributed by atoms with E-state index in [1.165, 1.54) is 12.1 Å². The third-order valence-electron chi connectivity index (χ3n) is 7.12. The van der Waals surface area contributed by atoms with Gasteiger partial charge in [0.25, 0.3) is 11.8 Å². The van der Waals surface area contributed by atoms with Gasteiger partial charge in [-0.15, -0.1) is 0 Å². The topological polar surface area (TPSA) is 52.7 Å². The van der Waals surface area contributed by atoms with Gasteiger partial charge in [-0.1, -0.05) is 42.5 Å². The summed E-state index contributed by atoms with van der Waals surface area (Å²) in [7, 11) is 0. The number of hydrogen-bond acceptors (Lipinski definition) is 3. The zero-order valence-electron chi connectivity index (χ0n) is 20.5. The Hall–Kier alpha value is -3.72. The first kappa shape index (κ1) is 25.9. The third-order valence-corrected chi connectivity index (χ3v) is 7.12. The van der Waals surface area contributed by atoms with E-state index >= 15 is 0 Å². The molecule has 0 aromatic heterocycles. The van der Waals surface area contributed by atoms with Crippen molar-refractivity contribution in [2.75, 3.05) is 26.2 Å². The molecule has 0 radical (unpaired) electrons. The van der Waals surface area contributed by atoms with E-state index in [-0.39, 0.29) is 35.0 Å². The van der Waals surface area contributed by atoms with Crippen molar-refractivity contribution in [3.63, 3.8) is 0 Å². The van der Waals surface area contributed by atoms with Crippen LogP contribution < -0.4 is 5.32 Å². The molecule has 0 aliphatic carbocycles. The normalized spacial score (nSPS) is 18.8. The highest BCUT2D eigenvalue weighted by atomic mass is 19.4. The first-order valence-electron chi connectivity index (χ1n) is 12.5. The lowest BCUT2D eigenvalue weighted by Gasteiger charge is -2.41. The van der Waals surface area contributed by atoms with Gasteiger partial charge < -0.3 is 15.1 Å². The molecule has 2 atom stereocenters. The quantitative estimate of drug-likeness (QED) is 0.456. The Balaban J connectivity index is 1.10. The number of carbonyl (C=O) groups is 2. The van der Waals surface area contributed by atoms with Crippen LogP contribution in [0.15, 0.2) is 78.9 Å². The van der Waals surface area contributed by atoms with E-state index in [0.29, 0.717) is 37.3 Å². The van der Waals surface area contributed by atoms with Crippen LogP contribution in [0.5, 0.6) is 0 Å². The summed E-state index contributed by atoms with van der Waals surface area (Å²) in [4.78, 5) is 29.0. The van der Waals surface area contributed by atoms with Crippen molar-refractivity contribution in [2.24, 2.45) is 0 Å². The largest absolute Gasteiger partial charge is 0.416 e. The number of rotatable bonds is 6. The lowest BCUT2D eigenvalue weighted by atomic mass is 9.99. The Morgan fingerprint density at radius 3 is 1.87 bits per heavy atom. The van der Waals surface area contributed by atoms with Crippen LogP contribution in [0.25, 0.3) is 0 Å². The second kappa shape index (κ2) is 10.6. The molecule has 1 N–H and O–H groups in total. The molecule has 2 amide bonds. The molecule has 9 heteroatoms. The van der Waals surface area contributed by atoms with Gasteiger partial charge in [-0.25, -0.2) is 4.39 Å². The molecular formula is C29H27F4N3O2. The molecule has 0 saturated carbocycles. The fourth-order valence-electron chi connectivity index (χ4n) is 4.94. The Labute approximate surface area is 218 Å². The smallest absolute Gasteiger partial charge is 0.337 e. The van der Waals surface area contributed by atoms with Crippen molar-refractivity contribution in [1.82, 2.24) is 15.1 Å². The molecule has 2 aliphatic heterocycles. The number of amides is 2. The minimum absolute atomic E-state index is 0.0256. The molecule has 0 bridgehead atoms. The average molecular weight is 526 g/mol. The lowest BCUT2D eigenvalue weighted by molar-refractivity contribution is -0.137. The SMILES string of the molecule is O=C(c1ccccc1)N1CCC(NC2CN(C(=O)c3ccc(C(F)c4ccc(C(F)(F)F)cc4)cc3)C2)C1. The number of nitrogens with zero attached hydrogens (tertiary/aromatic N) is 2. The molecule has 3 aromatic rings. The zero-order valence-corrected chi connectivity index (χ0v) is 20.5. The predicted octanol–water partition coefficient (Wildman–Crippen LogP) is 5.09. The van der Waals surface area contributed by atoms with Crippen molar-refractivity contribution in [3.8, 4) is 0 Å². The van der Waals surface area contributed by atoms with Crippen LogP contribution in [0.1, 0.15) is 50.0 Å². The monoisotopic (exact) mass is 525 g/mol. The Kier molecular flexibility index (Phi) is 7.21. The molecule has 2 fully saturated rings. The summed E-state index contributed by atoms with van der Waals surface area (Å²) in [5.41, 5.74) is 0.651. The van der Waals surface area contributed by atoms with E-state index in [9.17, 15) is 27.2 Å². The van der Waals surface area contributed by atoms with Crippen LogP contribution in [-0.4, -0.2) is 59.9 Å². The van der Waals surface area contributed by atoms with Gasteiger partial charge in [-0.3, -0.25) is 9.59 Å². The highest BCUT2D eigenvalue weighted by molar-refractivity contribution is 5.95. The fourth-order valence-corrected chi connectivity index (χ4v) is 4.94. The van der Waals surface area contributed by atoms with Gasteiger partial charge in [-0.2, -0.15) is 13.2 Å². The summed E-state index contributed by atoms with van der Waals surface area (Å²) in [6.45, 7) is 2.40. The van der Waals surface area contributed by atoms with Crippen molar-refractivity contribution >= 4 is 11.8 Å². The van der Waals surface area contributed by atoms with Crippen molar-refractivity contribution < 1.29 is 27.2 Å². The molecule has 2 heterocycles. The Morgan fingerprint density at radius 1 is 0.737 bits per heavy atom. The van der Waals surface area contributed by atoms with Crippen molar-refractivity contribution in [2.45, 2.75) is 30.9 Å². The highest BCUT2D eigenvalue weighted by Crippen LogP contribution is 2.32. The number of nitrogens with one attached hydrogen (secondary N) is 1. The standard InChI is InChI=1S/C29H27F4N3O2/c30-26(20-10-12-23(13-11-20)29(31,32)33)19-6-8-22(9-7-19)28(38)36-17-25(18-36)34-24-14-15-35(16-24)27(37)21-4-2-1-3-5-21/h1-13,24-26,34H,14-18H2. The lowest BCUT2D eigenvalue weighted by Crippen LogP contribution is -2.62. The molecule has 3 aromatic carbocycles. The molecule has 5 rings (SSSR count). The molecule has 2 unspecified atom stereocenters. The summed E-state index contributed by atoms with van der Waals surface area (Å²) in [5, 5.41) is 3.54. The first-order valence-corrected chi connectivity index (χ1v) is 12.5. The Morgan fingerprint density at radius 2 is 1.26 bits per heavy atom. The van der Waals surface area contributed by atoms with E-state index in [0.717, 1.165) is 30.7 Å². The van der Waals surface area contributed by atoms with E-state index in [1.807, 2.05) is 35.2 Å². The second-order valence-electron chi connectivity index (χ2n) is 9.78. The van der Waals surface area contributed by atoms with E-state index < -0.39 is 17.9 Å². The van der Waals surface area contributed by atoms with Crippen LogP contribution in [0.4, 0.5) is 17.6 Å². The summed E-state index contributed by atoms with van der Waals surface area (Å²) in [5.74, 6) is -0.135. The molecule has 2 saturated heterocycles. The molecular weight excluding hydrogens is 498 g/mol. The minimum Gasteiger partial charge on any atom is -0.337 e. The maximum absolute atomic E-state index is 14.9. The highest BCUT2D eigenvalue weighted by Gasteiger charge is 2.35. The minimum atomic E-state index is -4.48. The number of likely N-dealkylation sites (tertiary alicyclic amines) is 2. The summed E-state index contributed by atoms with van der Waals surface area (Å²) in [6, 6.07) is 19.6. The van der Waals surface area contributed by atoms with E-state index in [2.05, 4.69) is 5.32 Å². The van der Waals surface area contributed by atoms with Gasteiger partial charge in [0.15, 0.2) is 6.17 Å². The van der Waals surface area contributed by atoms with Crippen molar-refractivity contribution in [3.05, 3.63) is 107 Å². The number of carbonyl (C=O) groups excluding carboxylic acids is 2. The number of hydrogen-bond donors (Lipinski definition) is 1. The van der Waals surface area contributed by atoms with E-state index in [1.54, 1.807) is 17.0 Å². The number of alkyl halides is 4. The summed E-state index contributed by atoms with van der Waals surface area (Å²) < 4.78 is 53.1. The van der Waals surface area contributed by atoms with Crippen LogP contribution >= 0.6 is 0 Å². The maximum atomic E-state index is 14.9. The molecule has 2 aliphatic rings. The van der Waals surface area contributed by atoms with Gasteiger partial charge in [0.05, 0.1) is 5.56 Å². The third kappa shape index (κ3) is 5.57. The van der Waals surface area contributed by atoms with Crippen molar-refractivity contribution in [1.29, 1.82) is 0 Å². The van der Waals surface area contributed by atoms with E-state index in [4.69, 9.17) is 0 Å². The fraction of sp³-hybridized carbons (Fsp3) is 0.310. The summed E-state index contributed by atoms with van der Waals surface area (Å²) >= 11 is 0. The van der Waals surface area contributed by atoms with Crippen LogP contribution in [0.2, 0.25) is 0 Å². The van der Waals surface area contributed by atoms with Crippen LogP contribution in [0, 0.1) is 0 Å². The van der Waals surface area contributed by atoms with Gasteiger partial charge in [0.1, 0.15) is 0 Å². The first-order chi connectivity index (χ1) is 18.2.